The number of carbonyl (C=O) groups is 1. The largest absolute Gasteiger partial charge is 0.441 e. The Kier molecular flexibility index (Phi) is 8.10. The van der Waals surface area contributed by atoms with Crippen molar-refractivity contribution in [2.75, 3.05) is 0 Å². The lowest BCUT2D eigenvalue weighted by Crippen LogP contribution is -2.48. The second-order valence-corrected chi connectivity index (χ2v) is 8.82. The number of nitro benzene ring substituents is 1. The summed E-state index contributed by atoms with van der Waals surface area (Å²) in [6.07, 6.45) is 0.463. The average molecular weight is 444 g/mol. The maximum Gasteiger partial charge on any atom is 0.313 e. The van der Waals surface area contributed by atoms with Crippen LogP contribution in [0.25, 0.3) is 0 Å². The molecule has 7 nitrogen and oxygen atoms in total. The summed E-state index contributed by atoms with van der Waals surface area (Å²) >= 11 is 5.32. The lowest BCUT2D eigenvalue weighted by molar-refractivity contribution is -0.384. The van der Waals surface area contributed by atoms with E-state index < -0.39 is 16.6 Å². The van der Waals surface area contributed by atoms with Gasteiger partial charge in [0.15, 0.2) is 11.3 Å². The van der Waals surface area contributed by atoms with E-state index >= 15 is 0 Å². The Hall–Kier alpha value is -3.00. The minimum Gasteiger partial charge on any atom is -0.441 e. The van der Waals surface area contributed by atoms with Gasteiger partial charge in [0.25, 0.3) is 5.69 Å². The number of aryl methyl sites for hydroxylation is 1. The van der Waals surface area contributed by atoms with Gasteiger partial charge in [-0.15, -0.1) is 0 Å². The molecule has 0 amide bonds. The molecule has 0 aromatic heterocycles. The predicted octanol–water partition coefficient (Wildman–Crippen LogP) is 4.75. The fourth-order valence-corrected chi connectivity index (χ4v) is 3.38. The highest BCUT2D eigenvalue weighted by atomic mass is 32.1. The molecule has 0 heterocycles. The number of non-ortho nitro benzene ring substituents is 1. The number of ether oxygens (including phenoxy) is 1. The zero-order chi connectivity index (χ0) is 23.2. The van der Waals surface area contributed by atoms with E-state index in [0.717, 1.165) is 11.1 Å². The third kappa shape index (κ3) is 6.75. The van der Waals surface area contributed by atoms with E-state index in [9.17, 15) is 14.9 Å². The van der Waals surface area contributed by atoms with Crippen molar-refractivity contribution in [1.82, 2.24) is 4.90 Å². The van der Waals surface area contributed by atoms with Crippen molar-refractivity contribution in [3.05, 3.63) is 75.8 Å². The number of esters is 1. The first-order chi connectivity index (χ1) is 14.5. The second kappa shape index (κ2) is 10.3. The maximum atomic E-state index is 12.7. The number of nitro groups is 1. The van der Waals surface area contributed by atoms with Crippen molar-refractivity contribution in [2.45, 2.75) is 52.8 Å². The molecule has 8 heteroatoms. The van der Waals surface area contributed by atoms with Crippen molar-refractivity contribution < 1.29 is 14.5 Å². The molecule has 1 unspecified atom stereocenters. The molecule has 0 bridgehead atoms. The lowest BCUT2D eigenvalue weighted by atomic mass is 9.97. The summed E-state index contributed by atoms with van der Waals surface area (Å²) in [6, 6.07) is 15.7. The first kappa shape index (κ1) is 24.3. The number of nitrogens with two attached hydrogens (primary N) is 1. The number of benzene rings is 2. The Morgan fingerprint density at radius 3 is 2.23 bits per heavy atom. The van der Waals surface area contributed by atoms with Gasteiger partial charge in [-0.25, -0.2) is 0 Å². The average Bonchev–Trinajstić information content (AvgIpc) is 2.71. The summed E-state index contributed by atoms with van der Waals surface area (Å²) in [6.45, 7) is 7.23. The summed E-state index contributed by atoms with van der Waals surface area (Å²) in [7, 11) is 0. The molecule has 0 fully saturated rings. The molecule has 0 spiro atoms. The van der Waals surface area contributed by atoms with Crippen LogP contribution in [0.4, 0.5) is 5.69 Å². The minimum atomic E-state index is -0.691. The van der Waals surface area contributed by atoms with Crippen LogP contribution in [0.1, 0.15) is 51.3 Å². The summed E-state index contributed by atoms with van der Waals surface area (Å²) in [5.41, 5.74) is 7.25. The monoisotopic (exact) mass is 443 g/mol. The van der Waals surface area contributed by atoms with E-state index in [2.05, 4.69) is 0 Å². The third-order valence-corrected chi connectivity index (χ3v) is 5.16. The quantitative estimate of drug-likeness (QED) is 0.207. The van der Waals surface area contributed by atoms with Gasteiger partial charge >= 0.3 is 5.97 Å². The minimum absolute atomic E-state index is 0.00221. The molecule has 0 saturated heterocycles. The van der Waals surface area contributed by atoms with Crippen LogP contribution in [0.15, 0.2) is 54.6 Å². The first-order valence-electron chi connectivity index (χ1n) is 10.1. The van der Waals surface area contributed by atoms with Crippen molar-refractivity contribution in [2.24, 2.45) is 11.1 Å². The molecule has 0 aliphatic carbocycles. The third-order valence-electron chi connectivity index (χ3n) is 4.95. The van der Waals surface area contributed by atoms with Crippen molar-refractivity contribution in [3.8, 4) is 0 Å². The van der Waals surface area contributed by atoms with E-state index in [0.29, 0.717) is 12.8 Å². The molecule has 2 atom stereocenters. The van der Waals surface area contributed by atoms with Gasteiger partial charge < -0.3 is 15.4 Å². The summed E-state index contributed by atoms with van der Waals surface area (Å²) < 4.78 is 5.88. The lowest BCUT2D eigenvalue weighted by Gasteiger charge is -2.37. The normalized spacial score (nSPS) is 13.2. The Labute approximate surface area is 188 Å². The molecule has 0 radical (unpaired) electrons. The van der Waals surface area contributed by atoms with Crippen LogP contribution in [0.2, 0.25) is 0 Å². The van der Waals surface area contributed by atoms with Crippen LogP contribution < -0.4 is 5.73 Å². The van der Waals surface area contributed by atoms with Crippen LogP contribution in [0.3, 0.4) is 0 Å². The van der Waals surface area contributed by atoms with Crippen molar-refractivity contribution in [3.63, 3.8) is 0 Å². The highest BCUT2D eigenvalue weighted by Gasteiger charge is 2.32. The van der Waals surface area contributed by atoms with E-state index in [1.807, 2.05) is 37.3 Å². The molecule has 166 valence electrons. The van der Waals surface area contributed by atoms with Crippen molar-refractivity contribution >= 4 is 29.0 Å². The highest BCUT2D eigenvalue weighted by molar-refractivity contribution is 7.80. The van der Waals surface area contributed by atoms with E-state index in [4.69, 9.17) is 22.7 Å². The number of carbonyl (C=O) groups excluding carboxylic acids is 1. The zero-order valence-electron chi connectivity index (χ0n) is 18.3. The molecule has 2 aromatic carbocycles. The summed E-state index contributed by atoms with van der Waals surface area (Å²) in [5.74, 6) is -0.359. The highest BCUT2D eigenvalue weighted by Crippen LogP contribution is 2.28. The standard InChI is InChI=1S/C23H29N3O4S/c1-16(18-11-13-19(14-12-18)26(28)29)25(22(24)31)20(30-21(27)23(2,3)4)15-10-17-8-6-5-7-9-17/h5-9,11-14,16,20H,10,15H2,1-4H3,(H2,24,31)/t16-,20?/m1/s1. The van der Waals surface area contributed by atoms with E-state index in [1.54, 1.807) is 37.8 Å². The number of rotatable bonds is 8. The molecular weight excluding hydrogens is 414 g/mol. The van der Waals surface area contributed by atoms with Gasteiger partial charge in [0.1, 0.15) is 0 Å². The van der Waals surface area contributed by atoms with Gasteiger partial charge in [-0.2, -0.15) is 0 Å². The van der Waals surface area contributed by atoms with Crippen LogP contribution in [0, 0.1) is 15.5 Å². The topological polar surface area (TPSA) is 98.7 Å². The fraction of sp³-hybridized carbons (Fsp3) is 0.391. The Morgan fingerprint density at radius 2 is 1.74 bits per heavy atom. The van der Waals surface area contributed by atoms with Crippen LogP contribution in [-0.4, -0.2) is 27.1 Å². The van der Waals surface area contributed by atoms with Crippen LogP contribution in [0.5, 0.6) is 0 Å². The van der Waals surface area contributed by atoms with Gasteiger partial charge in [-0.3, -0.25) is 14.9 Å². The van der Waals surface area contributed by atoms with Gasteiger partial charge in [0.2, 0.25) is 0 Å². The molecular formula is C23H29N3O4S. The van der Waals surface area contributed by atoms with Crippen LogP contribution in [-0.2, 0) is 16.0 Å². The molecule has 0 saturated carbocycles. The molecule has 2 aromatic rings. The van der Waals surface area contributed by atoms with Gasteiger partial charge in [-0.1, -0.05) is 42.5 Å². The fourth-order valence-electron chi connectivity index (χ4n) is 3.11. The van der Waals surface area contributed by atoms with Gasteiger partial charge in [-0.05, 0) is 57.5 Å². The summed E-state index contributed by atoms with van der Waals surface area (Å²) in [4.78, 5) is 24.9. The van der Waals surface area contributed by atoms with E-state index in [1.165, 1.54) is 12.1 Å². The number of thiocarbonyl (C=S) groups is 1. The molecule has 0 aliphatic rings. The molecule has 2 N–H and O–H groups in total. The number of nitrogens with zero attached hydrogens (tertiary/aromatic N) is 2. The smallest absolute Gasteiger partial charge is 0.313 e. The SMILES string of the molecule is C[C@H](c1ccc([N+](=O)[O-])cc1)N(C(N)=S)C(CCc1ccccc1)OC(=O)C(C)(C)C. The Morgan fingerprint density at radius 1 is 1.16 bits per heavy atom. The molecule has 2 rings (SSSR count). The van der Waals surface area contributed by atoms with Gasteiger partial charge in [0.05, 0.1) is 16.4 Å². The van der Waals surface area contributed by atoms with Crippen molar-refractivity contribution in [1.29, 1.82) is 0 Å². The molecule has 0 aliphatic heterocycles. The number of hydrogen-bond donors (Lipinski definition) is 1. The number of hydrogen-bond acceptors (Lipinski definition) is 5. The predicted molar refractivity (Wildman–Crippen MR) is 124 cm³/mol. The summed E-state index contributed by atoms with van der Waals surface area (Å²) in [5, 5.41) is 11.1. The Balaban J connectivity index is 2.33. The first-order valence-corrected chi connectivity index (χ1v) is 10.5. The Bertz CT molecular complexity index is 911. The zero-order valence-corrected chi connectivity index (χ0v) is 19.1. The van der Waals surface area contributed by atoms with Gasteiger partial charge in [0, 0.05) is 18.6 Å². The maximum absolute atomic E-state index is 12.7. The second-order valence-electron chi connectivity index (χ2n) is 8.40. The van der Waals surface area contributed by atoms with Crippen LogP contribution >= 0.6 is 12.2 Å². The van der Waals surface area contributed by atoms with E-state index in [-0.39, 0.29) is 22.8 Å². The molecule has 31 heavy (non-hydrogen) atoms.